The number of nitrogens with zero attached hydrogens (tertiary/aromatic N) is 6. The molecule has 0 saturated carbocycles. The van der Waals surface area contributed by atoms with Gasteiger partial charge in [0.1, 0.15) is 0 Å². The number of imidazole rings is 1. The van der Waals surface area contributed by atoms with Crippen molar-refractivity contribution in [2.45, 2.75) is 42.1 Å². The molecule has 3 aromatic heterocycles. The second kappa shape index (κ2) is 8.01. The van der Waals surface area contributed by atoms with E-state index in [9.17, 15) is 5.26 Å². The van der Waals surface area contributed by atoms with E-state index in [-0.39, 0.29) is 0 Å². The fourth-order valence-electron chi connectivity index (χ4n) is 5.16. The Morgan fingerprint density at radius 3 is 2.79 bits per heavy atom. The third-order valence-corrected chi connectivity index (χ3v) is 8.01. The lowest BCUT2D eigenvalue weighted by atomic mass is 9.77. The van der Waals surface area contributed by atoms with Crippen LogP contribution in [0.15, 0.2) is 58.8 Å². The summed E-state index contributed by atoms with van der Waals surface area (Å²) in [6.45, 7) is 5.04. The first-order valence-corrected chi connectivity index (χ1v) is 12.1. The Labute approximate surface area is 196 Å². The molecule has 0 unspecified atom stereocenters. The van der Waals surface area contributed by atoms with Crippen LogP contribution in [0.5, 0.6) is 0 Å². The van der Waals surface area contributed by atoms with E-state index >= 15 is 0 Å². The Morgan fingerprint density at radius 2 is 2.00 bits per heavy atom. The number of benzene rings is 1. The minimum Gasteiger partial charge on any atom is -0.378 e. The van der Waals surface area contributed by atoms with E-state index in [2.05, 4.69) is 32.3 Å². The molecule has 4 aromatic rings. The molecular weight excluding hydrogens is 432 g/mol. The van der Waals surface area contributed by atoms with E-state index in [0.29, 0.717) is 17.1 Å². The van der Waals surface area contributed by atoms with Gasteiger partial charge in [0.2, 0.25) is 5.95 Å². The lowest BCUT2D eigenvalue weighted by molar-refractivity contribution is 0.0975. The van der Waals surface area contributed by atoms with Gasteiger partial charge in [0, 0.05) is 48.2 Å². The first-order chi connectivity index (χ1) is 16.1. The molecule has 7 nitrogen and oxygen atoms in total. The Balaban J connectivity index is 1.29. The van der Waals surface area contributed by atoms with Crippen molar-refractivity contribution in [1.29, 1.82) is 5.26 Å². The smallest absolute Gasteiger partial charge is 0.211 e. The average Bonchev–Trinajstić information content (AvgIpc) is 3.47. The maximum atomic E-state index is 9.19. The zero-order chi connectivity index (χ0) is 22.4. The van der Waals surface area contributed by atoms with Crippen molar-refractivity contribution in [2.24, 2.45) is 5.41 Å². The van der Waals surface area contributed by atoms with Crippen LogP contribution in [0.25, 0.3) is 16.6 Å². The van der Waals surface area contributed by atoms with Gasteiger partial charge >= 0.3 is 0 Å². The largest absolute Gasteiger partial charge is 0.378 e. The number of piperidine rings is 1. The van der Waals surface area contributed by atoms with Crippen LogP contribution in [0.4, 0.5) is 5.95 Å². The molecule has 2 aliphatic heterocycles. The van der Waals surface area contributed by atoms with Gasteiger partial charge in [0.05, 0.1) is 34.8 Å². The van der Waals surface area contributed by atoms with Crippen molar-refractivity contribution in [1.82, 2.24) is 19.4 Å². The first kappa shape index (κ1) is 20.5. The lowest BCUT2D eigenvalue weighted by Gasteiger charge is -2.39. The van der Waals surface area contributed by atoms with Crippen molar-refractivity contribution >= 4 is 34.3 Å². The molecule has 0 amide bonds. The Bertz CT molecular complexity index is 1380. The maximum Gasteiger partial charge on any atom is 0.211 e. The summed E-state index contributed by atoms with van der Waals surface area (Å²) in [4.78, 5) is 18.4. The van der Waals surface area contributed by atoms with Crippen molar-refractivity contribution in [2.75, 3.05) is 24.6 Å². The number of aromatic nitrogens is 4. The number of fused-ring (bicyclic) bond motifs is 2. The van der Waals surface area contributed by atoms with E-state index in [1.54, 1.807) is 18.0 Å². The molecule has 166 valence electrons. The number of nitriles is 1. The molecule has 1 aromatic carbocycles. The molecule has 33 heavy (non-hydrogen) atoms. The van der Waals surface area contributed by atoms with E-state index in [1.165, 1.54) is 6.42 Å². The summed E-state index contributed by atoms with van der Waals surface area (Å²) in [7, 11) is 0. The van der Waals surface area contributed by atoms with Crippen LogP contribution in [-0.2, 0) is 4.74 Å². The van der Waals surface area contributed by atoms with Crippen molar-refractivity contribution in [3.8, 4) is 6.07 Å². The predicted octanol–water partition coefficient (Wildman–Crippen LogP) is 4.70. The Morgan fingerprint density at radius 1 is 1.12 bits per heavy atom. The summed E-state index contributed by atoms with van der Waals surface area (Å²) in [5, 5.41) is 10.2. The zero-order valence-corrected chi connectivity index (χ0v) is 19.3. The number of hydrogen-bond donors (Lipinski definition) is 0. The molecule has 1 atom stereocenters. The van der Waals surface area contributed by atoms with Gasteiger partial charge in [-0.25, -0.2) is 9.97 Å². The Hall–Kier alpha value is -3.15. The van der Waals surface area contributed by atoms with Gasteiger partial charge in [0.25, 0.3) is 0 Å². The molecule has 2 fully saturated rings. The molecule has 0 aliphatic carbocycles. The van der Waals surface area contributed by atoms with Crippen LogP contribution >= 0.6 is 11.8 Å². The summed E-state index contributed by atoms with van der Waals surface area (Å²) in [5.41, 5.74) is 2.67. The number of ether oxygens (including phenoxy) is 1. The molecule has 2 aliphatic rings. The molecule has 0 bridgehead atoms. The summed E-state index contributed by atoms with van der Waals surface area (Å²) in [6, 6.07) is 9.80. The van der Waals surface area contributed by atoms with Gasteiger partial charge in [0.15, 0.2) is 5.65 Å². The van der Waals surface area contributed by atoms with Gasteiger partial charge in [-0.3, -0.25) is 9.38 Å². The Kier molecular flexibility index (Phi) is 4.97. The van der Waals surface area contributed by atoms with E-state index in [0.717, 1.165) is 64.8 Å². The quantitative estimate of drug-likeness (QED) is 0.442. The minimum atomic E-state index is 0.341. The van der Waals surface area contributed by atoms with Gasteiger partial charge in [-0.05, 0) is 49.8 Å². The molecule has 0 N–H and O–H groups in total. The number of rotatable bonds is 3. The fourth-order valence-corrected chi connectivity index (χ4v) is 6.16. The van der Waals surface area contributed by atoms with Crippen LogP contribution in [0.2, 0.25) is 0 Å². The van der Waals surface area contributed by atoms with E-state index in [4.69, 9.17) is 9.72 Å². The van der Waals surface area contributed by atoms with Gasteiger partial charge in [-0.1, -0.05) is 17.8 Å². The van der Waals surface area contributed by atoms with Crippen LogP contribution in [0.1, 0.15) is 31.7 Å². The lowest BCUT2D eigenvalue weighted by Crippen LogP contribution is -2.41. The topological polar surface area (TPSA) is 79.3 Å². The SMILES string of the molecule is C[C@H]1CC2(CCN(c3ncc(Sc4ccnc5cc(C#N)ccc45)c4nccn34)CC2)CO1. The van der Waals surface area contributed by atoms with E-state index < -0.39 is 0 Å². The van der Waals surface area contributed by atoms with Gasteiger partial charge in [-0.2, -0.15) is 5.26 Å². The summed E-state index contributed by atoms with van der Waals surface area (Å²) < 4.78 is 7.99. The highest BCUT2D eigenvalue weighted by atomic mass is 32.2. The van der Waals surface area contributed by atoms with Crippen molar-refractivity contribution < 1.29 is 4.74 Å². The summed E-state index contributed by atoms with van der Waals surface area (Å²) >= 11 is 1.63. The zero-order valence-electron chi connectivity index (χ0n) is 18.4. The molecule has 1 spiro atoms. The number of hydrogen-bond acceptors (Lipinski definition) is 7. The highest BCUT2D eigenvalue weighted by molar-refractivity contribution is 7.99. The number of anilines is 1. The first-order valence-electron chi connectivity index (χ1n) is 11.3. The van der Waals surface area contributed by atoms with Gasteiger partial charge in [-0.15, -0.1) is 0 Å². The average molecular weight is 457 g/mol. The monoisotopic (exact) mass is 456 g/mol. The van der Waals surface area contributed by atoms with Crippen LogP contribution < -0.4 is 4.90 Å². The van der Waals surface area contributed by atoms with Crippen molar-refractivity contribution in [3.05, 3.63) is 54.6 Å². The fraction of sp³-hybridized carbons (Fsp3) is 0.360. The second-order valence-electron chi connectivity index (χ2n) is 9.11. The molecular formula is C25H24N6OS. The summed E-state index contributed by atoms with van der Waals surface area (Å²) in [6.07, 6.45) is 11.4. The molecule has 2 saturated heterocycles. The highest BCUT2D eigenvalue weighted by Crippen LogP contribution is 2.43. The van der Waals surface area contributed by atoms with Crippen LogP contribution in [0, 0.1) is 16.7 Å². The van der Waals surface area contributed by atoms with Crippen LogP contribution in [0.3, 0.4) is 0 Å². The summed E-state index contributed by atoms with van der Waals surface area (Å²) in [5.74, 6) is 0.951. The minimum absolute atomic E-state index is 0.341. The highest BCUT2D eigenvalue weighted by Gasteiger charge is 2.41. The molecule has 0 radical (unpaired) electrons. The van der Waals surface area contributed by atoms with Crippen molar-refractivity contribution in [3.63, 3.8) is 0 Å². The number of pyridine rings is 1. The molecule has 5 heterocycles. The third-order valence-electron chi connectivity index (χ3n) is 6.93. The third kappa shape index (κ3) is 3.62. The maximum absolute atomic E-state index is 9.19. The van der Waals surface area contributed by atoms with Gasteiger partial charge < -0.3 is 9.64 Å². The normalized spacial score (nSPS) is 20.0. The molecule has 8 heteroatoms. The second-order valence-corrected chi connectivity index (χ2v) is 10.2. The molecule has 6 rings (SSSR count). The standard InChI is InChI=1S/C25H24N6OS/c1-17-13-25(16-32-17)5-9-30(10-6-25)24-29-15-22(23-28-8-11-31(23)24)33-21-4-7-27-20-12-18(14-26)2-3-19(20)21/h2-4,7-8,11-12,15,17H,5-6,9-10,13,16H2,1H3/t17-/m0/s1. The van der Waals surface area contributed by atoms with E-state index in [1.807, 2.05) is 42.9 Å². The predicted molar refractivity (Wildman–Crippen MR) is 127 cm³/mol. The van der Waals surface area contributed by atoms with Crippen LogP contribution in [-0.4, -0.2) is 45.2 Å².